The van der Waals surface area contributed by atoms with Gasteiger partial charge in [-0.15, -0.1) is 0 Å². The molecule has 0 aromatic carbocycles. The maximum atomic E-state index is 11.2. The monoisotopic (exact) mass is 231 g/mol. The molecule has 2 aromatic heterocycles. The number of aliphatic carboxylic acids is 1. The zero-order valence-electron chi connectivity index (χ0n) is 10.4. The number of aromatic nitrogens is 1. The lowest BCUT2D eigenvalue weighted by molar-refractivity contribution is -0.146. The average molecular weight is 231 g/mol. The van der Waals surface area contributed by atoms with Crippen molar-refractivity contribution in [1.29, 1.82) is 0 Å². The van der Waals surface area contributed by atoms with E-state index in [0.29, 0.717) is 6.42 Å². The van der Waals surface area contributed by atoms with Crippen molar-refractivity contribution < 1.29 is 9.90 Å². The first kappa shape index (κ1) is 11.7. The maximum absolute atomic E-state index is 11.2. The van der Waals surface area contributed by atoms with Gasteiger partial charge in [0.05, 0.1) is 5.41 Å². The second-order valence-corrected chi connectivity index (χ2v) is 5.14. The third-order valence-corrected chi connectivity index (χ3v) is 3.19. The lowest BCUT2D eigenvalue weighted by atomic mass is 9.87. The van der Waals surface area contributed by atoms with Crippen molar-refractivity contribution in [3.05, 3.63) is 41.7 Å². The van der Waals surface area contributed by atoms with Crippen molar-refractivity contribution in [1.82, 2.24) is 4.40 Å². The summed E-state index contributed by atoms with van der Waals surface area (Å²) in [7, 11) is 0. The highest BCUT2D eigenvalue weighted by Crippen LogP contribution is 2.26. The molecule has 0 fully saturated rings. The summed E-state index contributed by atoms with van der Waals surface area (Å²) < 4.78 is 2.07. The predicted octanol–water partition coefficient (Wildman–Crippen LogP) is 2.90. The molecule has 17 heavy (non-hydrogen) atoms. The molecule has 0 saturated heterocycles. The van der Waals surface area contributed by atoms with Crippen molar-refractivity contribution in [3.8, 4) is 0 Å². The first-order valence-electron chi connectivity index (χ1n) is 5.71. The van der Waals surface area contributed by atoms with Crippen LogP contribution in [0.25, 0.3) is 5.52 Å². The van der Waals surface area contributed by atoms with Gasteiger partial charge in [-0.25, -0.2) is 0 Å². The molecule has 0 bridgehead atoms. The number of pyridine rings is 1. The first-order chi connectivity index (χ1) is 7.92. The van der Waals surface area contributed by atoms with Gasteiger partial charge >= 0.3 is 5.97 Å². The third-order valence-electron chi connectivity index (χ3n) is 3.19. The van der Waals surface area contributed by atoms with E-state index in [4.69, 9.17) is 0 Å². The number of nitrogens with zero attached hydrogens (tertiary/aromatic N) is 1. The van der Waals surface area contributed by atoms with Crippen LogP contribution in [0.4, 0.5) is 0 Å². The molecule has 90 valence electrons. The zero-order chi connectivity index (χ0) is 12.6. The summed E-state index contributed by atoms with van der Waals surface area (Å²) in [6.45, 7) is 5.55. The molecule has 0 atom stereocenters. The van der Waals surface area contributed by atoms with E-state index in [-0.39, 0.29) is 0 Å². The highest BCUT2D eigenvalue weighted by molar-refractivity contribution is 5.74. The van der Waals surface area contributed by atoms with E-state index < -0.39 is 11.4 Å². The molecule has 3 nitrogen and oxygen atoms in total. The second-order valence-electron chi connectivity index (χ2n) is 5.14. The summed E-state index contributed by atoms with van der Waals surface area (Å²) in [6.07, 6.45) is 2.52. The van der Waals surface area contributed by atoms with E-state index in [1.165, 1.54) is 0 Å². The minimum Gasteiger partial charge on any atom is -0.481 e. The van der Waals surface area contributed by atoms with Crippen molar-refractivity contribution in [2.45, 2.75) is 27.2 Å². The molecular formula is C14H17NO2. The van der Waals surface area contributed by atoms with E-state index in [2.05, 4.69) is 10.5 Å². The van der Waals surface area contributed by atoms with E-state index in [1.54, 1.807) is 13.8 Å². The number of carboxylic acid groups (broad SMARTS) is 1. The van der Waals surface area contributed by atoms with Gasteiger partial charge < -0.3 is 9.51 Å². The Hall–Kier alpha value is -1.77. The van der Waals surface area contributed by atoms with E-state index >= 15 is 0 Å². The Kier molecular flexibility index (Phi) is 2.69. The Morgan fingerprint density at radius 3 is 2.76 bits per heavy atom. The predicted molar refractivity (Wildman–Crippen MR) is 67.3 cm³/mol. The smallest absolute Gasteiger partial charge is 0.309 e. The van der Waals surface area contributed by atoms with Crippen LogP contribution in [0.1, 0.15) is 25.1 Å². The standard InChI is InChI=1S/C14H17NO2/c1-10-8-11-6-4-5-7-15(11)12(10)9-14(2,3)13(16)17/h4-8H,9H2,1-3H3,(H,16,17). The van der Waals surface area contributed by atoms with Crippen LogP contribution in [0, 0.1) is 12.3 Å². The molecule has 0 radical (unpaired) electrons. The SMILES string of the molecule is Cc1cc2ccccn2c1CC(C)(C)C(=O)O. The molecule has 0 aliphatic carbocycles. The summed E-state index contributed by atoms with van der Waals surface area (Å²) >= 11 is 0. The molecule has 0 saturated carbocycles. The van der Waals surface area contributed by atoms with Gasteiger partial charge in [-0.2, -0.15) is 0 Å². The molecule has 0 spiro atoms. The highest BCUT2D eigenvalue weighted by atomic mass is 16.4. The third kappa shape index (κ3) is 2.05. The van der Waals surface area contributed by atoms with Gasteiger partial charge in [-0.1, -0.05) is 6.07 Å². The molecule has 2 heterocycles. The van der Waals surface area contributed by atoms with Crippen molar-refractivity contribution >= 4 is 11.5 Å². The van der Waals surface area contributed by atoms with Crippen LogP contribution in [-0.2, 0) is 11.2 Å². The fraction of sp³-hybridized carbons (Fsp3) is 0.357. The average Bonchev–Trinajstić information content (AvgIpc) is 2.55. The van der Waals surface area contributed by atoms with Gasteiger partial charge in [-0.05, 0) is 44.5 Å². The summed E-state index contributed by atoms with van der Waals surface area (Å²) in [6, 6.07) is 8.07. The second kappa shape index (κ2) is 3.91. The Labute approximate surface area is 101 Å². The summed E-state index contributed by atoms with van der Waals surface area (Å²) in [4.78, 5) is 11.2. The van der Waals surface area contributed by atoms with Crippen LogP contribution >= 0.6 is 0 Å². The largest absolute Gasteiger partial charge is 0.481 e. The quantitative estimate of drug-likeness (QED) is 0.882. The van der Waals surface area contributed by atoms with Gasteiger partial charge in [0.2, 0.25) is 0 Å². The normalized spacial score (nSPS) is 11.9. The minimum atomic E-state index is -0.761. The number of hydrogen-bond acceptors (Lipinski definition) is 1. The zero-order valence-corrected chi connectivity index (χ0v) is 10.4. The maximum Gasteiger partial charge on any atom is 0.309 e. The Bertz CT molecular complexity index is 567. The number of aryl methyl sites for hydroxylation is 1. The number of hydrogen-bond donors (Lipinski definition) is 1. The van der Waals surface area contributed by atoms with Crippen LogP contribution in [-0.4, -0.2) is 15.5 Å². The molecular weight excluding hydrogens is 214 g/mol. The van der Waals surface area contributed by atoms with E-state index in [0.717, 1.165) is 16.8 Å². The fourth-order valence-corrected chi connectivity index (χ4v) is 2.03. The molecule has 1 N–H and O–H groups in total. The van der Waals surface area contributed by atoms with Crippen LogP contribution in [0.2, 0.25) is 0 Å². The number of carbonyl (C=O) groups is 1. The van der Waals surface area contributed by atoms with Gasteiger partial charge in [0, 0.05) is 23.8 Å². The Morgan fingerprint density at radius 2 is 2.12 bits per heavy atom. The van der Waals surface area contributed by atoms with Gasteiger partial charge in [0.1, 0.15) is 0 Å². The van der Waals surface area contributed by atoms with E-state index in [9.17, 15) is 9.90 Å². The summed E-state index contributed by atoms with van der Waals surface area (Å²) in [5.74, 6) is -0.761. The lowest BCUT2D eigenvalue weighted by Gasteiger charge is -2.19. The summed E-state index contributed by atoms with van der Waals surface area (Å²) in [5, 5.41) is 9.19. The van der Waals surface area contributed by atoms with Crippen LogP contribution in [0.5, 0.6) is 0 Å². The molecule has 0 aliphatic heterocycles. The summed E-state index contributed by atoms with van der Waals surface area (Å²) in [5.41, 5.74) is 2.59. The highest BCUT2D eigenvalue weighted by Gasteiger charge is 2.29. The van der Waals surface area contributed by atoms with Gasteiger partial charge in [0.15, 0.2) is 0 Å². The van der Waals surface area contributed by atoms with E-state index in [1.807, 2.05) is 31.3 Å². The molecule has 0 amide bonds. The van der Waals surface area contributed by atoms with Gasteiger partial charge in [-0.3, -0.25) is 4.79 Å². The number of rotatable bonds is 3. The Morgan fingerprint density at radius 1 is 1.41 bits per heavy atom. The minimum absolute atomic E-state index is 0.534. The molecule has 0 aliphatic rings. The Balaban J connectivity index is 2.49. The number of carboxylic acids is 1. The van der Waals surface area contributed by atoms with Crippen molar-refractivity contribution in [2.24, 2.45) is 5.41 Å². The molecule has 2 rings (SSSR count). The first-order valence-corrected chi connectivity index (χ1v) is 5.71. The van der Waals surface area contributed by atoms with Crippen molar-refractivity contribution in [3.63, 3.8) is 0 Å². The molecule has 3 heteroatoms. The van der Waals surface area contributed by atoms with Crippen LogP contribution in [0.15, 0.2) is 30.5 Å². The van der Waals surface area contributed by atoms with Crippen LogP contribution in [0.3, 0.4) is 0 Å². The molecule has 2 aromatic rings. The number of fused-ring (bicyclic) bond motifs is 1. The van der Waals surface area contributed by atoms with Crippen molar-refractivity contribution in [2.75, 3.05) is 0 Å². The molecule has 0 unspecified atom stereocenters. The topological polar surface area (TPSA) is 41.7 Å². The van der Waals surface area contributed by atoms with Gasteiger partial charge in [0.25, 0.3) is 0 Å². The lowest BCUT2D eigenvalue weighted by Crippen LogP contribution is -2.27. The van der Waals surface area contributed by atoms with Crippen LogP contribution < -0.4 is 0 Å². The fourth-order valence-electron chi connectivity index (χ4n) is 2.03.